The number of Topliss-reactive ketones (excluding diaryl/α,β-unsaturated/α-hetero) is 1. The molecule has 1 aliphatic heterocycles. The molecule has 0 saturated carbocycles. The Kier molecular flexibility index (Phi) is 1.31. The molecule has 36 valence electrons. The molecule has 0 bridgehead atoms. The minimum Gasteiger partial charge on any atom is -0.295 e. The Balaban J connectivity index is 2.66. The normalized spacial score (nSPS) is 18.0. The lowest BCUT2D eigenvalue weighted by Crippen LogP contribution is -2.03. The summed E-state index contributed by atoms with van der Waals surface area (Å²) in [6, 6.07) is 0. The Morgan fingerprint density at radius 1 is 1.71 bits per heavy atom. The molecule has 0 aromatic heterocycles. The van der Waals surface area contributed by atoms with Gasteiger partial charge in [0.25, 0.3) is 0 Å². The van der Waals surface area contributed by atoms with Crippen LogP contribution in [0.25, 0.3) is 0 Å². The van der Waals surface area contributed by atoms with Crippen LogP contribution < -0.4 is 0 Å². The van der Waals surface area contributed by atoms with Gasteiger partial charge in [0, 0.05) is 15.6 Å². The van der Waals surface area contributed by atoms with Crippen molar-refractivity contribution in [1.82, 2.24) is 0 Å². The number of carbonyl (C=O) groups excluding carboxylic acids is 1. The van der Waals surface area contributed by atoms with Gasteiger partial charge >= 0.3 is 0 Å². The largest absolute Gasteiger partial charge is 0.295 e. The first-order chi connectivity index (χ1) is 3.39. The van der Waals surface area contributed by atoms with Crippen LogP contribution in [0, 0.1) is 0 Å². The van der Waals surface area contributed by atoms with Gasteiger partial charge in [-0.05, 0) is 5.67 Å². The van der Waals surface area contributed by atoms with Gasteiger partial charge in [0.1, 0.15) is 0 Å². The molecule has 1 aliphatic rings. The van der Waals surface area contributed by atoms with Gasteiger partial charge in [0.15, 0.2) is 5.78 Å². The van der Waals surface area contributed by atoms with E-state index in [1.165, 1.54) is 0 Å². The summed E-state index contributed by atoms with van der Waals surface area (Å²) in [5.41, 5.74) is 3.88. The molecule has 0 atom stereocenters. The molecule has 1 nitrogen and oxygen atoms in total. The maximum atomic E-state index is 10.4. The summed E-state index contributed by atoms with van der Waals surface area (Å²) < 4.78 is 0. The first-order valence-corrected chi connectivity index (χ1v) is 3.59. The number of allylic oxidation sites excluding steroid dienone is 1. The second kappa shape index (κ2) is 1.98. The summed E-state index contributed by atoms with van der Waals surface area (Å²) in [6.07, 6.45) is 2.57. The van der Waals surface area contributed by atoms with Crippen molar-refractivity contribution in [2.75, 3.05) is 0 Å². The molecule has 0 N–H and O–H groups in total. The summed E-state index contributed by atoms with van der Waals surface area (Å²) in [7, 11) is 0.216. The van der Waals surface area contributed by atoms with Crippen LogP contribution in [0.3, 0.4) is 0 Å². The number of rotatable bonds is 0. The van der Waals surface area contributed by atoms with Crippen LogP contribution in [0.15, 0.2) is 11.8 Å². The molecule has 0 aromatic rings. The molecular formula is C5H6OSi. The minimum absolute atomic E-state index is 0.216. The SMILES string of the molecule is O=C1C=[SiH]C=CC1. The van der Waals surface area contributed by atoms with E-state index in [0.717, 1.165) is 0 Å². The minimum atomic E-state index is 0.216. The highest BCUT2D eigenvalue weighted by atomic mass is 28.2. The highest BCUT2D eigenvalue weighted by Gasteiger charge is 1.92. The van der Waals surface area contributed by atoms with E-state index in [1.807, 2.05) is 6.08 Å². The van der Waals surface area contributed by atoms with E-state index in [9.17, 15) is 4.79 Å². The molecule has 0 unspecified atom stereocenters. The molecule has 0 aliphatic carbocycles. The van der Waals surface area contributed by atoms with Crippen LogP contribution >= 0.6 is 0 Å². The van der Waals surface area contributed by atoms with E-state index >= 15 is 0 Å². The third kappa shape index (κ3) is 1.20. The highest BCUT2D eigenvalue weighted by Crippen LogP contribution is 1.84. The zero-order valence-corrected chi connectivity index (χ0v) is 5.08. The fourth-order valence-electron chi connectivity index (χ4n) is 0.494. The molecule has 0 saturated heterocycles. The maximum absolute atomic E-state index is 10.4. The third-order valence-electron chi connectivity index (χ3n) is 0.848. The van der Waals surface area contributed by atoms with Crippen molar-refractivity contribution in [3.63, 3.8) is 0 Å². The average molecular weight is 110 g/mol. The Labute approximate surface area is 44.5 Å². The summed E-state index contributed by atoms with van der Waals surface area (Å²) in [5.74, 6) is 0.289. The van der Waals surface area contributed by atoms with Gasteiger partial charge in [-0.1, -0.05) is 11.8 Å². The van der Waals surface area contributed by atoms with Crippen LogP contribution in [-0.2, 0) is 4.79 Å². The van der Waals surface area contributed by atoms with Gasteiger partial charge in [-0.2, -0.15) is 0 Å². The number of ketones is 1. The van der Waals surface area contributed by atoms with Gasteiger partial charge < -0.3 is 0 Å². The lowest BCUT2D eigenvalue weighted by molar-refractivity contribution is -0.111. The average Bonchev–Trinajstić information content (AvgIpc) is 1.69. The number of carbonyl (C=O) groups is 1. The zero-order chi connectivity index (χ0) is 5.11. The Morgan fingerprint density at radius 2 is 2.57 bits per heavy atom. The summed E-state index contributed by atoms with van der Waals surface area (Å²) in [6.45, 7) is 0. The van der Waals surface area contributed by atoms with E-state index in [1.54, 1.807) is 5.67 Å². The van der Waals surface area contributed by atoms with E-state index in [2.05, 4.69) is 5.70 Å². The predicted molar refractivity (Wildman–Crippen MR) is 32.0 cm³/mol. The monoisotopic (exact) mass is 110 g/mol. The molecule has 0 amide bonds. The van der Waals surface area contributed by atoms with Crippen LogP contribution in [0.5, 0.6) is 0 Å². The van der Waals surface area contributed by atoms with Crippen LogP contribution in [0.1, 0.15) is 6.42 Å². The van der Waals surface area contributed by atoms with Crippen molar-refractivity contribution in [2.45, 2.75) is 6.42 Å². The van der Waals surface area contributed by atoms with Gasteiger partial charge in [-0.25, -0.2) is 0 Å². The van der Waals surface area contributed by atoms with E-state index in [0.29, 0.717) is 6.42 Å². The molecule has 1 rings (SSSR count). The van der Waals surface area contributed by atoms with Crippen molar-refractivity contribution >= 4 is 20.6 Å². The van der Waals surface area contributed by atoms with E-state index < -0.39 is 0 Å². The van der Waals surface area contributed by atoms with Crippen LogP contribution in [0.4, 0.5) is 0 Å². The molecule has 7 heavy (non-hydrogen) atoms. The first-order valence-electron chi connectivity index (χ1n) is 2.25. The maximum Gasteiger partial charge on any atom is 0.154 e. The van der Waals surface area contributed by atoms with Crippen LogP contribution in [0.2, 0.25) is 0 Å². The fourth-order valence-corrected chi connectivity index (χ4v) is 1.25. The number of hydrogen-bond acceptors (Lipinski definition) is 1. The second-order valence-corrected chi connectivity index (χ2v) is 2.56. The number of hydrogen-bond donors (Lipinski definition) is 0. The van der Waals surface area contributed by atoms with Gasteiger partial charge in [-0.3, -0.25) is 4.79 Å². The molecule has 0 fully saturated rings. The quantitative estimate of drug-likeness (QED) is 0.392. The van der Waals surface area contributed by atoms with Crippen molar-refractivity contribution < 1.29 is 4.79 Å². The molecule has 0 aromatic carbocycles. The van der Waals surface area contributed by atoms with E-state index in [-0.39, 0.29) is 14.9 Å². The standard InChI is InChI=1S/C5H6OSi/c6-5-2-1-3-7-4-5/h1,3-4,7H,2H2. The lowest BCUT2D eigenvalue weighted by atomic mass is 10.3. The fraction of sp³-hybridized carbons (Fsp3) is 0.200. The topological polar surface area (TPSA) is 17.1 Å². The third-order valence-corrected chi connectivity index (χ3v) is 1.91. The Morgan fingerprint density at radius 3 is 2.86 bits per heavy atom. The van der Waals surface area contributed by atoms with Gasteiger partial charge in [0.05, 0.1) is 0 Å². The zero-order valence-electron chi connectivity index (χ0n) is 3.92. The molecule has 1 heterocycles. The Bertz CT molecular complexity index is 135. The molecule has 2 heteroatoms. The van der Waals surface area contributed by atoms with Crippen molar-refractivity contribution in [2.24, 2.45) is 0 Å². The molecular weight excluding hydrogens is 104 g/mol. The lowest BCUT2D eigenvalue weighted by Gasteiger charge is -1.88. The predicted octanol–water partition coefficient (Wildman–Crippen LogP) is -0.288. The van der Waals surface area contributed by atoms with Crippen molar-refractivity contribution in [3.05, 3.63) is 11.8 Å². The van der Waals surface area contributed by atoms with Crippen molar-refractivity contribution in [1.29, 1.82) is 0 Å². The molecule has 0 radical (unpaired) electrons. The summed E-state index contributed by atoms with van der Waals surface area (Å²) in [5, 5.41) is 0. The molecule has 0 spiro atoms. The van der Waals surface area contributed by atoms with Crippen LogP contribution in [-0.4, -0.2) is 20.6 Å². The van der Waals surface area contributed by atoms with Gasteiger partial charge in [-0.15, -0.1) is 0 Å². The highest BCUT2D eigenvalue weighted by molar-refractivity contribution is 6.67. The smallest absolute Gasteiger partial charge is 0.154 e. The Hall–Kier alpha value is -0.503. The summed E-state index contributed by atoms with van der Waals surface area (Å²) in [4.78, 5) is 10.4. The van der Waals surface area contributed by atoms with E-state index in [4.69, 9.17) is 0 Å². The summed E-state index contributed by atoms with van der Waals surface area (Å²) >= 11 is 0. The van der Waals surface area contributed by atoms with Crippen molar-refractivity contribution in [3.8, 4) is 0 Å². The second-order valence-electron chi connectivity index (χ2n) is 1.46. The van der Waals surface area contributed by atoms with Gasteiger partial charge in [0.2, 0.25) is 0 Å². The first kappa shape index (κ1) is 4.65.